The summed E-state index contributed by atoms with van der Waals surface area (Å²) in [6.45, 7) is 0. The van der Waals surface area contributed by atoms with E-state index >= 15 is 0 Å². The van der Waals surface area contributed by atoms with Crippen LogP contribution in [0.4, 0.5) is 0 Å². The molecule has 1 fully saturated rings. The van der Waals surface area contributed by atoms with Crippen molar-refractivity contribution >= 4 is 35.6 Å². The van der Waals surface area contributed by atoms with Gasteiger partial charge < -0.3 is 5.73 Å². The first kappa shape index (κ1) is 14.1. The molecule has 0 bridgehead atoms. The van der Waals surface area contributed by atoms with Crippen molar-refractivity contribution < 1.29 is 0 Å². The van der Waals surface area contributed by atoms with Gasteiger partial charge in [-0.3, -0.25) is 0 Å². The maximum atomic E-state index is 6.23. The molecule has 1 aromatic rings. The molecule has 16 heavy (non-hydrogen) atoms. The van der Waals surface area contributed by atoms with Crippen LogP contribution >= 0.6 is 35.6 Å². The fourth-order valence-electron chi connectivity index (χ4n) is 2.38. The minimum atomic E-state index is -0.00583. The van der Waals surface area contributed by atoms with Crippen LogP contribution < -0.4 is 5.73 Å². The fraction of sp³-hybridized carbons (Fsp3) is 0.500. The molecule has 2 rings (SSSR count). The number of benzene rings is 1. The Morgan fingerprint density at radius 2 is 1.62 bits per heavy atom. The second kappa shape index (κ2) is 6.11. The highest BCUT2D eigenvalue weighted by Gasteiger charge is 2.26. The predicted octanol–water partition coefficient (Wildman–Crippen LogP) is 4.61. The van der Waals surface area contributed by atoms with E-state index in [9.17, 15) is 0 Å². The molecule has 0 spiro atoms. The van der Waals surface area contributed by atoms with Gasteiger partial charge in [0.05, 0.1) is 0 Å². The zero-order valence-electron chi connectivity index (χ0n) is 8.96. The van der Waals surface area contributed by atoms with Crippen LogP contribution in [0.2, 0.25) is 10.0 Å². The van der Waals surface area contributed by atoms with E-state index in [4.69, 9.17) is 28.9 Å². The van der Waals surface area contributed by atoms with E-state index in [0.717, 1.165) is 5.56 Å². The minimum absolute atomic E-state index is 0. The number of halogens is 3. The summed E-state index contributed by atoms with van der Waals surface area (Å²) in [4.78, 5) is 0. The van der Waals surface area contributed by atoms with Crippen molar-refractivity contribution in [3.05, 3.63) is 33.8 Å². The van der Waals surface area contributed by atoms with E-state index in [2.05, 4.69) is 0 Å². The van der Waals surface area contributed by atoms with E-state index < -0.39 is 0 Å². The van der Waals surface area contributed by atoms with Crippen LogP contribution in [0.1, 0.15) is 37.3 Å². The van der Waals surface area contributed by atoms with Crippen LogP contribution in [0.5, 0.6) is 0 Å². The van der Waals surface area contributed by atoms with Gasteiger partial charge in [-0.25, -0.2) is 0 Å². The summed E-state index contributed by atoms with van der Waals surface area (Å²) >= 11 is 12.3. The third-order valence-electron chi connectivity index (χ3n) is 3.24. The van der Waals surface area contributed by atoms with Crippen LogP contribution in [0.25, 0.3) is 0 Å². The molecule has 1 aliphatic carbocycles. The van der Waals surface area contributed by atoms with Gasteiger partial charge in [-0.15, -0.1) is 12.4 Å². The number of hydrogen-bond acceptors (Lipinski definition) is 1. The van der Waals surface area contributed by atoms with Crippen molar-refractivity contribution in [2.75, 3.05) is 0 Å². The third kappa shape index (κ3) is 2.84. The van der Waals surface area contributed by atoms with E-state index in [1.54, 1.807) is 0 Å². The quantitative estimate of drug-likeness (QED) is 0.841. The van der Waals surface area contributed by atoms with Crippen molar-refractivity contribution in [3.63, 3.8) is 0 Å². The van der Waals surface area contributed by atoms with Gasteiger partial charge >= 0.3 is 0 Å². The van der Waals surface area contributed by atoms with Gasteiger partial charge in [0.1, 0.15) is 0 Å². The molecule has 0 amide bonds. The van der Waals surface area contributed by atoms with Crippen molar-refractivity contribution in [1.29, 1.82) is 0 Å². The van der Waals surface area contributed by atoms with Gasteiger partial charge in [0.15, 0.2) is 0 Å². The minimum Gasteiger partial charge on any atom is -0.324 e. The van der Waals surface area contributed by atoms with Crippen molar-refractivity contribution in [1.82, 2.24) is 0 Å². The van der Waals surface area contributed by atoms with E-state index in [1.165, 1.54) is 25.7 Å². The van der Waals surface area contributed by atoms with Gasteiger partial charge in [0.2, 0.25) is 0 Å². The van der Waals surface area contributed by atoms with E-state index in [1.807, 2.05) is 18.2 Å². The van der Waals surface area contributed by atoms with Crippen LogP contribution in [0.3, 0.4) is 0 Å². The summed E-state index contributed by atoms with van der Waals surface area (Å²) in [6.07, 6.45) is 4.95. The Morgan fingerprint density at radius 1 is 1.12 bits per heavy atom. The lowest BCUT2D eigenvalue weighted by molar-refractivity contribution is 0.445. The molecule has 0 aliphatic heterocycles. The first-order chi connectivity index (χ1) is 7.20. The summed E-state index contributed by atoms with van der Waals surface area (Å²) in [5, 5.41) is 1.39. The molecule has 0 unspecified atom stereocenters. The second-order valence-electron chi connectivity index (χ2n) is 4.21. The molecule has 1 aromatic carbocycles. The van der Waals surface area contributed by atoms with Crippen molar-refractivity contribution in [2.24, 2.45) is 11.7 Å². The van der Waals surface area contributed by atoms with Crippen molar-refractivity contribution in [3.8, 4) is 0 Å². The zero-order valence-corrected chi connectivity index (χ0v) is 11.3. The summed E-state index contributed by atoms with van der Waals surface area (Å²) < 4.78 is 0. The van der Waals surface area contributed by atoms with Gasteiger partial charge in [-0.2, -0.15) is 0 Å². The lowest BCUT2D eigenvalue weighted by atomic mass is 9.92. The maximum absolute atomic E-state index is 6.23. The summed E-state index contributed by atoms with van der Waals surface area (Å²) in [5.41, 5.74) is 7.16. The lowest BCUT2D eigenvalue weighted by Crippen LogP contribution is -2.19. The normalized spacial score (nSPS) is 18.2. The third-order valence-corrected chi connectivity index (χ3v) is 3.90. The standard InChI is InChI=1S/C12H15Cl2N.ClH/c13-9-6-3-7-10(14)11(9)12(15)8-4-1-2-5-8;/h3,6-8,12H,1-2,4-5,15H2;1H/t12-;/m1./s1. The predicted molar refractivity (Wildman–Crippen MR) is 72.6 cm³/mol. The van der Waals surface area contributed by atoms with E-state index in [0.29, 0.717) is 16.0 Å². The highest BCUT2D eigenvalue weighted by molar-refractivity contribution is 6.36. The summed E-state index contributed by atoms with van der Waals surface area (Å²) in [7, 11) is 0. The van der Waals surface area contributed by atoms with Gasteiger partial charge in [0, 0.05) is 21.7 Å². The summed E-state index contributed by atoms with van der Waals surface area (Å²) in [6, 6.07) is 5.57. The Bertz CT molecular complexity index is 328. The monoisotopic (exact) mass is 279 g/mol. The molecule has 1 atom stereocenters. The van der Waals surface area contributed by atoms with Gasteiger partial charge in [-0.1, -0.05) is 42.1 Å². The molecular weight excluding hydrogens is 264 g/mol. The molecule has 0 radical (unpaired) electrons. The first-order valence-electron chi connectivity index (χ1n) is 5.39. The molecule has 0 saturated heterocycles. The Kier molecular flexibility index (Phi) is 5.39. The summed E-state index contributed by atoms with van der Waals surface area (Å²) in [5.74, 6) is 0.544. The number of hydrogen-bond donors (Lipinski definition) is 1. The Hall–Kier alpha value is 0.0500. The highest BCUT2D eigenvalue weighted by atomic mass is 35.5. The van der Waals surface area contributed by atoms with Gasteiger partial charge in [-0.05, 0) is 30.9 Å². The van der Waals surface area contributed by atoms with Crippen LogP contribution in [0, 0.1) is 5.92 Å². The second-order valence-corrected chi connectivity index (χ2v) is 5.02. The molecule has 4 heteroatoms. The topological polar surface area (TPSA) is 26.0 Å². The molecule has 1 saturated carbocycles. The fourth-order valence-corrected chi connectivity index (χ4v) is 3.03. The molecular formula is C12H16Cl3N. The number of rotatable bonds is 2. The highest BCUT2D eigenvalue weighted by Crippen LogP contribution is 2.39. The molecule has 90 valence electrons. The van der Waals surface area contributed by atoms with E-state index in [-0.39, 0.29) is 18.4 Å². The Morgan fingerprint density at radius 3 is 2.12 bits per heavy atom. The molecule has 0 aromatic heterocycles. The maximum Gasteiger partial charge on any atom is 0.0468 e. The SMILES string of the molecule is Cl.N[C@@H](c1c(Cl)cccc1Cl)C1CCCC1. The Balaban J connectivity index is 0.00000128. The first-order valence-corrected chi connectivity index (χ1v) is 6.15. The molecule has 1 nitrogen and oxygen atoms in total. The molecule has 0 heterocycles. The van der Waals surface area contributed by atoms with Crippen LogP contribution in [-0.2, 0) is 0 Å². The largest absolute Gasteiger partial charge is 0.324 e. The molecule has 1 aliphatic rings. The smallest absolute Gasteiger partial charge is 0.0468 e. The van der Waals surface area contributed by atoms with Crippen LogP contribution in [0.15, 0.2) is 18.2 Å². The van der Waals surface area contributed by atoms with Crippen molar-refractivity contribution in [2.45, 2.75) is 31.7 Å². The van der Waals surface area contributed by atoms with Gasteiger partial charge in [0.25, 0.3) is 0 Å². The average Bonchev–Trinajstić information content (AvgIpc) is 2.69. The Labute approximate surface area is 113 Å². The lowest BCUT2D eigenvalue weighted by Gasteiger charge is -2.21. The zero-order chi connectivity index (χ0) is 10.8. The van der Waals surface area contributed by atoms with Crippen LogP contribution in [-0.4, -0.2) is 0 Å². The average molecular weight is 281 g/mol. The molecule has 2 N–H and O–H groups in total. The number of nitrogens with two attached hydrogens (primary N) is 1.